The zero-order chi connectivity index (χ0) is 27.4. The van der Waals surface area contributed by atoms with Crippen LogP contribution in [0.4, 0.5) is 17.1 Å². The van der Waals surface area contributed by atoms with E-state index in [9.17, 15) is 9.59 Å². The predicted octanol–water partition coefficient (Wildman–Crippen LogP) is 7.51. The van der Waals surface area contributed by atoms with Crippen LogP contribution in [0.2, 0.25) is 5.02 Å². The first-order chi connectivity index (χ1) is 18.9. The number of carbonyl (C=O) groups excluding carboxylic acids is 2. The highest BCUT2D eigenvalue weighted by molar-refractivity contribution is 6.33. The van der Waals surface area contributed by atoms with E-state index in [1.807, 2.05) is 84.5 Å². The highest BCUT2D eigenvalue weighted by Crippen LogP contribution is 2.28. The van der Waals surface area contributed by atoms with Gasteiger partial charge in [0.15, 0.2) is 11.6 Å². The van der Waals surface area contributed by atoms with Crippen LogP contribution in [0.15, 0.2) is 85.1 Å². The van der Waals surface area contributed by atoms with Gasteiger partial charge in [0.1, 0.15) is 0 Å². The fraction of sp³-hybridized carbons (Fsp3) is 0.273. The maximum atomic E-state index is 12.9. The molecule has 5 nitrogen and oxygen atoms in total. The van der Waals surface area contributed by atoms with Gasteiger partial charge in [-0.3, -0.25) is 9.59 Å². The molecule has 1 fully saturated rings. The molecule has 6 heteroatoms. The van der Waals surface area contributed by atoms with Crippen LogP contribution in [0, 0.1) is 5.92 Å². The van der Waals surface area contributed by atoms with E-state index in [0.29, 0.717) is 23.6 Å². The normalized spacial score (nSPS) is 13.9. The molecule has 1 N–H and O–H groups in total. The Morgan fingerprint density at radius 1 is 0.872 bits per heavy atom. The number of nitrogens with zero attached hydrogens (tertiary/aromatic N) is 2. The number of hydrogen-bond acceptors (Lipinski definition) is 4. The Hall–Kier alpha value is -3.83. The molecular formula is C33H34ClN3O2. The van der Waals surface area contributed by atoms with Crippen molar-refractivity contribution in [1.29, 1.82) is 0 Å². The number of ketones is 2. The van der Waals surface area contributed by atoms with Gasteiger partial charge in [0.2, 0.25) is 0 Å². The molecule has 3 aromatic carbocycles. The molecule has 1 aromatic heterocycles. The molecule has 2 heterocycles. The van der Waals surface area contributed by atoms with E-state index in [2.05, 4.69) is 29.3 Å². The van der Waals surface area contributed by atoms with Crippen molar-refractivity contribution in [2.24, 2.45) is 13.0 Å². The van der Waals surface area contributed by atoms with Gasteiger partial charge in [-0.25, -0.2) is 0 Å². The second-order valence-corrected chi connectivity index (χ2v) is 11.0. The summed E-state index contributed by atoms with van der Waals surface area (Å²) in [6.45, 7) is 4.47. The molecule has 200 valence electrons. The number of Topliss-reactive ketones (excluding diaryl/α,β-unsaturated/α-hetero) is 2. The number of carbonyl (C=O) groups is 2. The van der Waals surface area contributed by atoms with Gasteiger partial charge in [-0.05, 0) is 90.6 Å². The Morgan fingerprint density at radius 2 is 1.54 bits per heavy atom. The molecule has 0 radical (unpaired) electrons. The van der Waals surface area contributed by atoms with Gasteiger partial charge in [0, 0.05) is 56.1 Å². The van der Waals surface area contributed by atoms with Gasteiger partial charge in [0.25, 0.3) is 0 Å². The van der Waals surface area contributed by atoms with E-state index in [4.69, 9.17) is 11.6 Å². The average Bonchev–Trinajstić information content (AvgIpc) is 3.38. The summed E-state index contributed by atoms with van der Waals surface area (Å²) in [5.41, 5.74) is 6.08. The first kappa shape index (κ1) is 26.8. The van der Waals surface area contributed by atoms with Gasteiger partial charge < -0.3 is 14.8 Å². The van der Waals surface area contributed by atoms with E-state index in [1.54, 1.807) is 0 Å². The topological polar surface area (TPSA) is 54.3 Å². The van der Waals surface area contributed by atoms with Crippen LogP contribution in [0.1, 0.15) is 51.7 Å². The van der Waals surface area contributed by atoms with Crippen molar-refractivity contribution in [3.8, 4) is 0 Å². The molecule has 1 aliphatic heterocycles. The molecule has 39 heavy (non-hydrogen) atoms. The summed E-state index contributed by atoms with van der Waals surface area (Å²) in [6, 6.07) is 25.2. The second-order valence-electron chi connectivity index (χ2n) is 10.6. The predicted molar refractivity (Wildman–Crippen MR) is 160 cm³/mol. The van der Waals surface area contributed by atoms with Gasteiger partial charge in [0.05, 0.1) is 16.4 Å². The fourth-order valence-electron chi connectivity index (χ4n) is 5.07. The van der Waals surface area contributed by atoms with Crippen molar-refractivity contribution < 1.29 is 9.59 Å². The molecule has 0 aliphatic carbocycles. The number of piperidine rings is 1. The minimum atomic E-state index is 0.0528. The Balaban J connectivity index is 1.16. The lowest BCUT2D eigenvalue weighted by Crippen LogP contribution is -2.32. The molecule has 1 aliphatic rings. The average molecular weight is 540 g/mol. The molecule has 5 rings (SSSR count). The van der Waals surface area contributed by atoms with E-state index < -0.39 is 0 Å². The van der Waals surface area contributed by atoms with E-state index in [1.165, 1.54) is 18.5 Å². The largest absolute Gasteiger partial charge is 0.372 e. The van der Waals surface area contributed by atoms with Crippen molar-refractivity contribution >= 4 is 40.2 Å². The maximum Gasteiger partial charge on any atom is 0.183 e. The van der Waals surface area contributed by atoms with Crippen LogP contribution in [-0.2, 0) is 19.9 Å². The van der Waals surface area contributed by atoms with Crippen LogP contribution in [-0.4, -0.2) is 29.2 Å². The summed E-state index contributed by atoms with van der Waals surface area (Å²) >= 11 is 6.53. The van der Waals surface area contributed by atoms with Crippen LogP contribution in [0.5, 0.6) is 0 Å². The molecule has 1 saturated heterocycles. The second kappa shape index (κ2) is 11.9. The van der Waals surface area contributed by atoms with Crippen LogP contribution in [0.25, 0.3) is 0 Å². The summed E-state index contributed by atoms with van der Waals surface area (Å²) in [4.78, 5) is 27.9. The van der Waals surface area contributed by atoms with Gasteiger partial charge in [-0.15, -0.1) is 0 Å². The number of nitrogens with one attached hydrogen (secondary N) is 1. The smallest absolute Gasteiger partial charge is 0.183 e. The standard InChI is InChI=1S/C33H34ClN3O2/c1-23-15-18-37(19-16-23)28-12-8-26(9-13-28)32(38)21-24-5-10-27(11-6-24)35-30-14-7-25(20-29(30)34)22-33(39)31-4-3-17-36(31)2/h3-14,17,20,23,35H,15-16,18-19,21-22H2,1-2H3. The molecule has 0 saturated carbocycles. The number of benzene rings is 3. The molecular weight excluding hydrogens is 506 g/mol. The Labute approximate surface area is 235 Å². The lowest BCUT2D eigenvalue weighted by molar-refractivity contribution is 0.0980. The van der Waals surface area contributed by atoms with Crippen molar-refractivity contribution in [2.45, 2.75) is 32.6 Å². The number of hydrogen-bond donors (Lipinski definition) is 1. The van der Waals surface area contributed by atoms with Crippen molar-refractivity contribution in [3.63, 3.8) is 0 Å². The number of aryl methyl sites for hydroxylation is 1. The fourth-order valence-corrected chi connectivity index (χ4v) is 5.32. The molecule has 0 unspecified atom stereocenters. The Bertz CT molecular complexity index is 1450. The van der Waals surface area contributed by atoms with Gasteiger partial charge in [-0.1, -0.05) is 36.7 Å². The zero-order valence-electron chi connectivity index (χ0n) is 22.5. The van der Waals surface area contributed by atoms with Crippen LogP contribution >= 0.6 is 11.6 Å². The third-order valence-corrected chi connectivity index (χ3v) is 7.88. The van der Waals surface area contributed by atoms with E-state index in [0.717, 1.165) is 47.1 Å². The Morgan fingerprint density at radius 3 is 2.18 bits per heavy atom. The number of halogens is 1. The molecule has 0 atom stereocenters. The third-order valence-electron chi connectivity index (χ3n) is 7.56. The van der Waals surface area contributed by atoms with Gasteiger partial charge >= 0.3 is 0 Å². The third kappa shape index (κ3) is 6.61. The van der Waals surface area contributed by atoms with Crippen molar-refractivity contribution in [1.82, 2.24) is 4.57 Å². The summed E-state index contributed by atoms with van der Waals surface area (Å²) in [5, 5.41) is 3.88. The minimum absolute atomic E-state index is 0.0528. The molecule has 0 bridgehead atoms. The number of aromatic nitrogens is 1. The van der Waals surface area contributed by atoms with Crippen LogP contribution < -0.4 is 10.2 Å². The first-order valence-corrected chi connectivity index (χ1v) is 13.9. The molecule has 4 aromatic rings. The maximum absolute atomic E-state index is 12.9. The lowest BCUT2D eigenvalue weighted by atomic mass is 9.98. The number of anilines is 3. The summed E-state index contributed by atoms with van der Waals surface area (Å²) in [6.07, 6.45) is 4.95. The van der Waals surface area contributed by atoms with Gasteiger partial charge in [-0.2, -0.15) is 0 Å². The highest BCUT2D eigenvalue weighted by atomic mass is 35.5. The SMILES string of the molecule is CC1CCN(c2ccc(C(=O)Cc3ccc(Nc4ccc(CC(=O)c5cccn5C)cc4Cl)cc3)cc2)CC1. The van der Waals surface area contributed by atoms with Crippen molar-refractivity contribution in [3.05, 3.63) is 112 Å². The summed E-state index contributed by atoms with van der Waals surface area (Å²) < 4.78 is 1.82. The molecule has 0 spiro atoms. The Kier molecular flexibility index (Phi) is 8.18. The van der Waals surface area contributed by atoms with Crippen molar-refractivity contribution in [2.75, 3.05) is 23.3 Å². The monoisotopic (exact) mass is 539 g/mol. The first-order valence-electron chi connectivity index (χ1n) is 13.5. The summed E-state index contributed by atoms with van der Waals surface area (Å²) in [5.74, 6) is 0.957. The summed E-state index contributed by atoms with van der Waals surface area (Å²) in [7, 11) is 1.86. The van der Waals surface area contributed by atoms with E-state index >= 15 is 0 Å². The van der Waals surface area contributed by atoms with E-state index in [-0.39, 0.29) is 11.6 Å². The zero-order valence-corrected chi connectivity index (χ0v) is 23.2. The number of rotatable bonds is 9. The minimum Gasteiger partial charge on any atom is -0.372 e. The molecule has 0 amide bonds. The highest BCUT2D eigenvalue weighted by Gasteiger charge is 2.17. The quantitative estimate of drug-likeness (QED) is 0.224. The van der Waals surface area contributed by atoms with Crippen LogP contribution in [0.3, 0.4) is 0 Å². The lowest BCUT2D eigenvalue weighted by Gasteiger charge is -2.32.